The normalized spacial score (nSPS) is 26.9. The van der Waals surface area contributed by atoms with Gasteiger partial charge in [-0.3, -0.25) is 4.79 Å². The van der Waals surface area contributed by atoms with Crippen LogP contribution in [0.4, 0.5) is 10.5 Å². The van der Waals surface area contributed by atoms with Crippen molar-refractivity contribution < 1.29 is 9.59 Å². The smallest absolute Gasteiger partial charge is 0.317 e. The molecule has 3 amide bonds. The van der Waals surface area contributed by atoms with E-state index in [1.54, 1.807) is 4.90 Å². The van der Waals surface area contributed by atoms with E-state index in [1.807, 2.05) is 23.1 Å². The van der Waals surface area contributed by atoms with Crippen LogP contribution in [0.1, 0.15) is 37.8 Å². The van der Waals surface area contributed by atoms with Crippen LogP contribution in [0.2, 0.25) is 0 Å². The molecule has 5 heteroatoms. The van der Waals surface area contributed by atoms with Gasteiger partial charge >= 0.3 is 6.03 Å². The Kier molecular flexibility index (Phi) is 5.02. The third-order valence-electron chi connectivity index (χ3n) is 5.41. The maximum atomic E-state index is 12.6. The third kappa shape index (κ3) is 3.97. The van der Waals surface area contributed by atoms with Gasteiger partial charge in [-0.2, -0.15) is 0 Å². The minimum absolute atomic E-state index is 0.0295. The van der Waals surface area contributed by atoms with Crippen LogP contribution in [-0.4, -0.2) is 42.5 Å². The molecular formula is C20H29N3O2. The van der Waals surface area contributed by atoms with E-state index >= 15 is 0 Å². The molecule has 1 aromatic rings. The third-order valence-corrected chi connectivity index (χ3v) is 5.41. The fraction of sp³-hybridized carbons (Fsp3) is 0.600. The highest BCUT2D eigenvalue weighted by Gasteiger charge is 2.33. The van der Waals surface area contributed by atoms with Gasteiger partial charge in [0.2, 0.25) is 5.91 Å². The van der Waals surface area contributed by atoms with Crippen molar-refractivity contribution in [2.75, 3.05) is 24.5 Å². The number of piperidine rings is 1. The summed E-state index contributed by atoms with van der Waals surface area (Å²) >= 11 is 0. The summed E-state index contributed by atoms with van der Waals surface area (Å²) in [6.07, 6.45) is 1.55. The molecule has 1 aromatic carbocycles. The van der Waals surface area contributed by atoms with Crippen LogP contribution in [0.5, 0.6) is 0 Å². The van der Waals surface area contributed by atoms with Crippen LogP contribution in [0.3, 0.4) is 0 Å². The molecule has 5 nitrogen and oxygen atoms in total. The van der Waals surface area contributed by atoms with Crippen molar-refractivity contribution in [1.82, 2.24) is 10.2 Å². The number of rotatable bonds is 2. The predicted molar refractivity (Wildman–Crippen MR) is 99.7 cm³/mol. The number of carbonyl (C=O) groups is 2. The van der Waals surface area contributed by atoms with Crippen molar-refractivity contribution in [3.05, 3.63) is 29.3 Å². The summed E-state index contributed by atoms with van der Waals surface area (Å²) in [5.74, 6) is 1.15. The zero-order valence-corrected chi connectivity index (χ0v) is 15.7. The van der Waals surface area contributed by atoms with Gasteiger partial charge in [0.1, 0.15) is 0 Å². The Balaban J connectivity index is 1.62. The number of likely N-dealkylation sites (tertiary alicyclic amines) is 1. The number of hydrogen-bond acceptors (Lipinski definition) is 2. The van der Waals surface area contributed by atoms with Crippen LogP contribution >= 0.6 is 0 Å². The van der Waals surface area contributed by atoms with Crippen molar-refractivity contribution in [2.24, 2.45) is 11.8 Å². The van der Waals surface area contributed by atoms with Gasteiger partial charge in [-0.15, -0.1) is 0 Å². The number of hydrogen-bond donors (Lipinski definition) is 1. The lowest BCUT2D eigenvalue weighted by atomic mass is 9.92. The molecule has 25 heavy (non-hydrogen) atoms. The van der Waals surface area contributed by atoms with E-state index in [1.165, 1.54) is 17.5 Å². The topological polar surface area (TPSA) is 52.7 Å². The monoisotopic (exact) mass is 343 g/mol. The lowest BCUT2D eigenvalue weighted by Gasteiger charge is -2.35. The van der Waals surface area contributed by atoms with Gasteiger partial charge < -0.3 is 15.1 Å². The molecule has 0 aromatic heterocycles. The van der Waals surface area contributed by atoms with E-state index in [2.05, 4.69) is 33.0 Å². The van der Waals surface area contributed by atoms with E-state index in [9.17, 15) is 9.59 Å². The molecule has 3 atom stereocenters. The first-order valence-corrected chi connectivity index (χ1v) is 9.26. The SMILES string of the molecule is Cc1ccc(N2C[C@H](NC(=O)N3C[C@@H](C)C[C@H](C)C3)CC2=O)cc1C. The first-order chi connectivity index (χ1) is 11.8. The standard InChI is InChI=1S/C20H29N3O2/c1-13-7-14(2)11-22(10-13)20(25)21-17-9-19(24)23(12-17)18-6-5-15(3)16(4)8-18/h5-6,8,13-14,17H,7,9-12H2,1-4H3,(H,21,25)/t13-,14-,17+/m0/s1. The first-order valence-electron chi connectivity index (χ1n) is 9.26. The fourth-order valence-electron chi connectivity index (χ4n) is 4.04. The number of nitrogens with zero attached hydrogens (tertiary/aromatic N) is 2. The molecule has 0 spiro atoms. The van der Waals surface area contributed by atoms with Crippen LogP contribution in [0, 0.1) is 25.7 Å². The van der Waals surface area contributed by atoms with Crippen LogP contribution in [0.25, 0.3) is 0 Å². The molecule has 3 rings (SSSR count). The van der Waals surface area contributed by atoms with Crippen molar-refractivity contribution in [3.8, 4) is 0 Å². The van der Waals surface area contributed by atoms with Gasteiger partial charge in [0.15, 0.2) is 0 Å². The maximum Gasteiger partial charge on any atom is 0.317 e. The Morgan fingerprint density at radius 3 is 2.40 bits per heavy atom. The number of aryl methyl sites for hydroxylation is 2. The molecule has 136 valence electrons. The zero-order chi connectivity index (χ0) is 18.1. The van der Waals surface area contributed by atoms with Crippen molar-refractivity contribution in [1.29, 1.82) is 0 Å². The predicted octanol–water partition coefficient (Wildman–Crippen LogP) is 3.10. The van der Waals surface area contributed by atoms with E-state index in [-0.39, 0.29) is 18.0 Å². The summed E-state index contributed by atoms with van der Waals surface area (Å²) in [6, 6.07) is 5.93. The van der Waals surface area contributed by atoms with Gasteiger partial charge in [0, 0.05) is 31.7 Å². The summed E-state index contributed by atoms with van der Waals surface area (Å²) < 4.78 is 0. The van der Waals surface area contributed by atoms with Gasteiger partial charge in [0.25, 0.3) is 0 Å². The van der Waals surface area contributed by atoms with Gasteiger partial charge in [-0.1, -0.05) is 19.9 Å². The number of anilines is 1. The molecule has 2 heterocycles. The highest BCUT2D eigenvalue weighted by Crippen LogP contribution is 2.25. The van der Waals surface area contributed by atoms with Crippen LogP contribution in [-0.2, 0) is 4.79 Å². The van der Waals surface area contributed by atoms with Crippen molar-refractivity contribution in [2.45, 2.75) is 46.6 Å². The average Bonchev–Trinajstić information content (AvgIpc) is 2.89. The molecule has 2 saturated heterocycles. The number of benzene rings is 1. The lowest BCUT2D eigenvalue weighted by molar-refractivity contribution is -0.117. The van der Waals surface area contributed by atoms with E-state index in [0.717, 1.165) is 18.8 Å². The molecule has 2 fully saturated rings. The van der Waals surface area contributed by atoms with Gasteiger partial charge in [-0.05, 0) is 55.4 Å². The summed E-state index contributed by atoms with van der Waals surface area (Å²) in [5, 5.41) is 3.07. The summed E-state index contributed by atoms with van der Waals surface area (Å²) in [5.41, 5.74) is 3.31. The van der Waals surface area contributed by atoms with E-state index in [0.29, 0.717) is 24.8 Å². The van der Waals surface area contributed by atoms with E-state index < -0.39 is 0 Å². The molecule has 2 aliphatic rings. The Morgan fingerprint density at radius 1 is 1.08 bits per heavy atom. The fourth-order valence-corrected chi connectivity index (χ4v) is 4.04. The minimum atomic E-state index is -0.117. The summed E-state index contributed by atoms with van der Waals surface area (Å²) in [6.45, 7) is 10.7. The molecular weight excluding hydrogens is 314 g/mol. The highest BCUT2D eigenvalue weighted by molar-refractivity contribution is 5.97. The molecule has 2 aliphatic heterocycles. The second-order valence-electron chi connectivity index (χ2n) is 7.97. The van der Waals surface area contributed by atoms with Gasteiger partial charge in [0.05, 0.1) is 6.04 Å². The molecule has 0 bridgehead atoms. The zero-order valence-electron chi connectivity index (χ0n) is 15.7. The van der Waals surface area contributed by atoms with Crippen molar-refractivity contribution >= 4 is 17.6 Å². The summed E-state index contributed by atoms with van der Waals surface area (Å²) in [7, 11) is 0. The van der Waals surface area contributed by atoms with Crippen LogP contribution < -0.4 is 10.2 Å². The molecule has 1 N–H and O–H groups in total. The maximum absolute atomic E-state index is 12.6. The Labute approximate surface area is 150 Å². The second kappa shape index (κ2) is 7.06. The molecule has 0 unspecified atom stereocenters. The van der Waals surface area contributed by atoms with Crippen LogP contribution in [0.15, 0.2) is 18.2 Å². The Bertz CT molecular complexity index is 663. The molecule has 0 aliphatic carbocycles. The minimum Gasteiger partial charge on any atom is -0.333 e. The lowest BCUT2D eigenvalue weighted by Crippen LogP contribution is -2.50. The Hall–Kier alpha value is -2.04. The average molecular weight is 343 g/mol. The van der Waals surface area contributed by atoms with E-state index in [4.69, 9.17) is 0 Å². The number of amides is 3. The Morgan fingerprint density at radius 2 is 1.76 bits per heavy atom. The highest BCUT2D eigenvalue weighted by atomic mass is 16.2. The molecule has 0 radical (unpaired) electrons. The summed E-state index contributed by atoms with van der Waals surface area (Å²) in [4.78, 5) is 28.7. The second-order valence-corrected chi connectivity index (χ2v) is 7.97. The van der Waals surface area contributed by atoms with Crippen molar-refractivity contribution in [3.63, 3.8) is 0 Å². The van der Waals surface area contributed by atoms with Gasteiger partial charge in [-0.25, -0.2) is 4.79 Å². The first kappa shape index (κ1) is 17.8. The molecule has 0 saturated carbocycles. The number of carbonyl (C=O) groups excluding carboxylic acids is 2. The number of urea groups is 1. The quantitative estimate of drug-likeness (QED) is 0.897. The number of nitrogens with one attached hydrogen (secondary N) is 1. The largest absolute Gasteiger partial charge is 0.333 e.